The Labute approximate surface area is 119 Å². The summed E-state index contributed by atoms with van der Waals surface area (Å²) in [5.74, 6) is 0.138. The third-order valence-corrected chi connectivity index (χ3v) is 3.00. The van der Waals surface area contributed by atoms with Crippen LogP contribution in [0.3, 0.4) is 0 Å². The van der Waals surface area contributed by atoms with Crippen LogP contribution in [0.15, 0.2) is 36.4 Å². The topological polar surface area (TPSA) is 33.0 Å². The first-order chi connectivity index (χ1) is 9.15. The maximum absolute atomic E-state index is 13.5. The van der Waals surface area contributed by atoms with Crippen LogP contribution < -0.4 is 4.74 Å². The van der Waals surface area contributed by atoms with Gasteiger partial charge in [-0.15, -0.1) is 11.6 Å². The number of ether oxygens (including phenoxy) is 1. The highest BCUT2D eigenvalue weighted by Gasteiger charge is 2.12. The van der Waals surface area contributed by atoms with E-state index in [1.165, 1.54) is 18.2 Å². The molecule has 96 valence electrons. The summed E-state index contributed by atoms with van der Waals surface area (Å²) in [5.41, 5.74) is 0.558. The fraction of sp³-hybridized carbons (Fsp3) is 0.0714. The number of halogens is 3. The third kappa shape index (κ3) is 2.98. The van der Waals surface area contributed by atoms with Crippen molar-refractivity contribution in [2.24, 2.45) is 0 Å². The van der Waals surface area contributed by atoms with Gasteiger partial charge in [-0.25, -0.2) is 4.39 Å². The van der Waals surface area contributed by atoms with E-state index < -0.39 is 5.82 Å². The second-order valence-corrected chi connectivity index (χ2v) is 4.42. The van der Waals surface area contributed by atoms with E-state index in [1.807, 2.05) is 0 Å². The van der Waals surface area contributed by atoms with Crippen molar-refractivity contribution < 1.29 is 9.13 Å². The molecule has 2 nitrogen and oxygen atoms in total. The maximum atomic E-state index is 13.5. The Morgan fingerprint density at radius 2 is 2.00 bits per heavy atom. The predicted octanol–water partition coefficient (Wildman–Crippen LogP) is 4.88. The average Bonchev–Trinajstić information content (AvgIpc) is 2.39. The van der Waals surface area contributed by atoms with E-state index >= 15 is 0 Å². The molecule has 0 saturated heterocycles. The van der Waals surface area contributed by atoms with Gasteiger partial charge in [0.15, 0.2) is 0 Å². The van der Waals surface area contributed by atoms with Crippen LogP contribution in [0.4, 0.5) is 4.39 Å². The molecule has 2 aromatic rings. The molecule has 0 radical (unpaired) electrons. The van der Waals surface area contributed by atoms with E-state index in [2.05, 4.69) is 0 Å². The van der Waals surface area contributed by atoms with Gasteiger partial charge in [-0.05, 0) is 24.3 Å². The Morgan fingerprint density at radius 3 is 2.68 bits per heavy atom. The minimum absolute atomic E-state index is 0.135. The highest BCUT2D eigenvalue weighted by atomic mass is 35.5. The van der Waals surface area contributed by atoms with Crippen molar-refractivity contribution in [1.82, 2.24) is 0 Å². The van der Waals surface area contributed by atoms with Gasteiger partial charge in [-0.1, -0.05) is 23.7 Å². The first-order valence-corrected chi connectivity index (χ1v) is 6.28. The molecule has 5 heteroatoms. The smallest absolute Gasteiger partial charge is 0.148 e. The van der Waals surface area contributed by atoms with Gasteiger partial charge < -0.3 is 4.74 Å². The molecular formula is C14H8Cl2FNO. The lowest BCUT2D eigenvalue weighted by atomic mass is 10.2. The quantitative estimate of drug-likeness (QED) is 0.756. The van der Waals surface area contributed by atoms with Crippen molar-refractivity contribution in [3.63, 3.8) is 0 Å². The summed E-state index contributed by atoms with van der Waals surface area (Å²) >= 11 is 11.7. The molecule has 0 N–H and O–H groups in total. The highest BCUT2D eigenvalue weighted by Crippen LogP contribution is 2.31. The zero-order valence-electron chi connectivity index (χ0n) is 9.66. The van der Waals surface area contributed by atoms with Crippen LogP contribution in [0.1, 0.15) is 11.1 Å². The van der Waals surface area contributed by atoms with Crippen molar-refractivity contribution in [2.75, 3.05) is 0 Å². The van der Waals surface area contributed by atoms with Gasteiger partial charge in [0.25, 0.3) is 0 Å². The summed E-state index contributed by atoms with van der Waals surface area (Å²) in [6.45, 7) is 0. The molecule has 0 aliphatic carbocycles. The first-order valence-electron chi connectivity index (χ1n) is 5.36. The van der Waals surface area contributed by atoms with Crippen LogP contribution >= 0.6 is 23.2 Å². The van der Waals surface area contributed by atoms with E-state index in [1.54, 1.807) is 24.3 Å². The standard InChI is InChI=1S/C14H8Cl2FNO/c15-7-9-4-5-10(16)6-14(9)19-13-3-1-2-12(17)11(13)8-18/h1-6H,7H2. The molecule has 0 heterocycles. The minimum Gasteiger partial charge on any atom is -0.455 e. The number of hydrogen-bond donors (Lipinski definition) is 0. The first kappa shape index (κ1) is 13.7. The van der Waals surface area contributed by atoms with Crippen LogP contribution in [0.2, 0.25) is 5.02 Å². The molecule has 0 spiro atoms. The molecule has 19 heavy (non-hydrogen) atoms. The summed E-state index contributed by atoms with van der Waals surface area (Å²) < 4.78 is 19.0. The van der Waals surface area contributed by atoms with Crippen molar-refractivity contribution in [3.05, 3.63) is 58.4 Å². The van der Waals surface area contributed by atoms with Crippen molar-refractivity contribution in [2.45, 2.75) is 5.88 Å². The molecule has 0 aromatic heterocycles. The zero-order valence-corrected chi connectivity index (χ0v) is 11.2. The lowest BCUT2D eigenvalue weighted by Crippen LogP contribution is -1.94. The van der Waals surface area contributed by atoms with Crippen LogP contribution in [0.25, 0.3) is 0 Å². The normalized spacial score (nSPS) is 10.0. The minimum atomic E-state index is -0.630. The van der Waals surface area contributed by atoms with Gasteiger partial charge in [-0.2, -0.15) is 5.26 Å². The van der Waals surface area contributed by atoms with Gasteiger partial charge >= 0.3 is 0 Å². The van der Waals surface area contributed by atoms with Gasteiger partial charge in [0.2, 0.25) is 0 Å². The Balaban J connectivity index is 2.45. The monoisotopic (exact) mass is 295 g/mol. The average molecular weight is 296 g/mol. The molecule has 2 aromatic carbocycles. The molecule has 0 fully saturated rings. The Morgan fingerprint density at radius 1 is 1.21 bits per heavy atom. The van der Waals surface area contributed by atoms with Crippen molar-refractivity contribution >= 4 is 23.2 Å². The van der Waals surface area contributed by atoms with Gasteiger partial charge in [0.1, 0.15) is 28.9 Å². The zero-order chi connectivity index (χ0) is 13.8. The Bertz CT molecular complexity index is 652. The van der Waals surface area contributed by atoms with Crippen molar-refractivity contribution in [1.29, 1.82) is 5.26 Å². The Kier molecular flexibility index (Phi) is 4.26. The van der Waals surface area contributed by atoms with Crippen LogP contribution in [-0.2, 0) is 5.88 Å². The molecule has 0 bridgehead atoms. The van der Waals surface area contributed by atoms with E-state index in [9.17, 15) is 4.39 Å². The molecule has 0 aliphatic rings. The van der Waals surface area contributed by atoms with E-state index in [4.69, 9.17) is 33.2 Å². The lowest BCUT2D eigenvalue weighted by molar-refractivity contribution is 0.470. The summed E-state index contributed by atoms with van der Waals surface area (Å²) in [6, 6.07) is 10.9. The third-order valence-electron chi connectivity index (χ3n) is 2.48. The second-order valence-electron chi connectivity index (χ2n) is 3.71. The molecule has 0 atom stereocenters. The van der Waals surface area contributed by atoms with Gasteiger partial charge in [0.05, 0.1) is 5.88 Å². The lowest BCUT2D eigenvalue weighted by Gasteiger charge is -2.11. The highest BCUT2D eigenvalue weighted by molar-refractivity contribution is 6.30. The largest absolute Gasteiger partial charge is 0.455 e. The number of nitriles is 1. The van der Waals surface area contributed by atoms with Gasteiger partial charge in [-0.3, -0.25) is 0 Å². The second kappa shape index (κ2) is 5.92. The molecule has 0 aliphatic heterocycles. The van der Waals surface area contributed by atoms with Crippen LogP contribution in [0, 0.1) is 17.1 Å². The fourth-order valence-electron chi connectivity index (χ4n) is 1.55. The number of rotatable bonds is 3. The molecule has 0 unspecified atom stereocenters. The maximum Gasteiger partial charge on any atom is 0.148 e. The van der Waals surface area contributed by atoms with E-state index in [0.29, 0.717) is 16.3 Å². The Hall–Kier alpha value is -1.76. The molecule has 0 saturated carbocycles. The number of alkyl halides is 1. The van der Waals surface area contributed by atoms with Crippen LogP contribution in [-0.4, -0.2) is 0 Å². The summed E-state index contributed by atoms with van der Waals surface area (Å²) in [6.07, 6.45) is 0. The summed E-state index contributed by atoms with van der Waals surface area (Å²) in [7, 11) is 0. The van der Waals surface area contributed by atoms with Crippen molar-refractivity contribution in [3.8, 4) is 17.6 Å². The fourth-order valence-corrected chi connectivity index (χ4v) is 1.93. The SMILES string of the molecule is N#Cc1c(F)cccc1Oc1cc(Cl)ccc1CCl. The molecule has 0 amide bonds. The summed E-state index contributed by atoms with van der Waals surface area (Å²) in [5, 5.41) is 9.41. The van der Waals surface area contributed by atoms with E-state index in [0.717, 1.165) is 0 Å². The summed E-state index contributed by atoms with van der Waals surface area (Å²) in [4.78, 5) is 0. The number of benzene rings is 2. The van der Waals surface area contributed by atoms with Gasteiger partial charge in [0, 0.05) is 10.6 Å². The molecular weight excluding hydrogens is 288 g/mol. The van der Waals surface area contributed by atoms with Crippen LogP contribution in [0.5, 0.6) is 11.5 Å². The predicted molar refractivity (Wildman–Crippen MR) is 72.2 cm³/mol. The molecule has 2 rings (SSSR count). The van der Waals surface area contributed by atoms with E-state index in [-0.39, 0.29) is 17.2 Å². The number of nitrogens with zero attached hydrogens (tertiary/aromatic N) is 1. The number of hydrogen-bond acceptors (Lipinski definition) is 2.